The molecule has 0 bridgehead atoms. The van der Waals surface area contributed by atoms with Crippen molar-refractivity contribution in [3.05, 3.63) is 24.3 Å². The van der Waals surface area contributed by atoms with Gasteiger partial charge in [0.1, 0.15) is 11.5 Å². The van der Waals surface area contributed by atoms with E-state index >= 15 is 0 Å². The first-order valence-electron chi connectivity index (χ1n) is 6.37. The first-order valence-corrected chi connectivity index (χ1v) is 6.37. The Hall–Kier alpha value is -1.26. The molecular weight excluding hydrogens is 228 g/mol. The first kappa shape index (κ1) is 14.8. The molecule has 0 aliphatic rings. The average molecular weight is 252 g/mol. The van der Waals surface area contributed by atoms with Crippen molar-refractivity contribution < 1.29 is 9.47 Å². The number of hydrogen-bond donors (Lipinski definition) is 1. The average Bonchev–Trinajstić information content (AvgIpc) is 2.29. The van der Waals surface area contributed by atoms with E-state index in [1.54, 1.807) is 0 Å². The Morgan fingerprint density at radius 3 is 2.50 bits per heavy atom. The molecule has 0 heterocycles. The van der Waals surface area contributed by atoms with Gasteiger partial charge in [-0.1, -0.05) is 6.07 Å². The number of hydrogen-bond acceptors (Lipinski definition) is 4. The second kappa shape index (κ2) is 7.95. The number of ether oxygens (including phenoxy) is 2. The van der Waals surface area contributed by atoms with Crippen molar-refractivity contribution in [3.63, 3.8) is 0 Å². The second-order valence-corrected chi connectivity index (χ2v) is 4.57. The summed E-state index contributed by atoms with van der Waals surface area (Å²) in [5.74, 6) is 1.67. The van der Waals surface area contributed by atoms with Crippen LogP contribution < -0.4 is 15.2 Å². The largest absolute Gasteiger partial charge is 0.494 e. The summed E-state index contributed by atoms with van der Waals surface area (Å²) < 4.78 is 11.1. The van der Waals surface area contributed by atoms with E-state index < -0.39 is 0 Å². The fourth-order valence-electron chi connectivity index (χ4n) is 1.71. The molecule has 4 heteroatoms. The van der Waals surface area contributed by atoms with E-state index in [9.17, 15) is 0 Å². The SMILES string of the molecule is CCOc1cccc(OCCC(N)CN(C)C)c1. The standard InChI is InChI=1S/C14H24N2O2/c1-4-17-13-6-5-7-14(10-13)18-9-8-12(15)11-16(2)3/h5-7,10,12H,4,8-9,11,15H2,1-3H3. The lowest BCUT2D eigenvalue weighted by Gasteiger charge is -2.17. The molecule has 0 aliphatic carbocycles. The molecule has 102 valence electrons. The van der Waals surface area contributed by atoms with Gasteiger partial charge >= 0.3 is 0 Å². The molecule has 0 spiro atoms. The molecule has 0 radical (unpaired) electrons. The van der Waals surface area contributed by atoms with Crippen LogP contribution in [0.1, 0.15) is 13.3 Å². The van der Waals surface area contributed by atoms with E-state index in [0.717, 1.165) is 24.5 Å². The van der Waals surface area contributed by atoms with E-state index in [1.807, 2.05) is 45.3 Å². The van der Waals surface area contributed by atoms with E-state index in [0.29, 0.717) is 13.2 Å². The van der Waals surface area contributed by atoms with Crippen molar-refractivity contribution in [1.82, 2.24) is 4.90 Å². The summed E-state index contributed by atoms with van der Waals surface area (Å²) in [6.07, 6.45) is 0.844. The van der Waals surface area contributed by atoms with E-state index in [1.165, 1.54) is 0 Å². The molecular formula is C14H24N2O2. The van der Waals surface area contributed by atoms with Crippen LogP contribution in [0.4, 0.5) is 0 Å². The minimum atomic E-state index is 0.148. The normalized spacial score (nSPS) is 12.5. The lowest BCUT2D eigenvalue weighted by atomic mass is 10.2. The predicted molar refractivity (Wildman–Crippen MR) is 74.3 cm³/mol. The molecule has 1 aromatic carbocycles. The van der Waals surface area contributed by atoms with Gasteiger partial charge in [0, 0.05) is 18.7 Å². The van der Waals surface area contributed by atoms with Gasteiger partial charge in [-0.2, -0.15) is 0 Å². The summed E-state index contributed by atoms with van der Waals surface area (Å²) >= 11 is 0. The van der Waals surface area contributed by atoms with Crippen molar-refractivity contribution in [2.75, 3.05) is 33.9 Å². The van der Waals surface area contributed by atoms with Crippen LogP contribution in [-0.2, 0) is 0 Å². The van der Waals surface area contributed by atoms with E-state index in [2.05, 4.69) is 4.90 Å². The van der Waals surface area contributed by atoms with Crippen LogP contribution in [0.25, 0.3) is 0 Å². The smallest absolute Gasteiger partial charge is 0.122 e. The Morgan fingerprint density at radius 1 is 1.22 bits per heavy atom. The maximum absolute atomic E-state index is 5.97. The fourth-order valence-corrected chi connectivity index (χ4v) is 1.71. The van der Waals surface area contributed by atoms with Crippen LogP contribution in [0.2, 0.25) is 0 Å². The fraction of sp³-hybridized carbons (Fsp3) is 0.571. The van der Waals surface area contributed by atoms with Gasteiger partial charge in [-0.05, 0) is 39.6 Å². The third-order valence-corrected chi connectivity index (χ3v) is 2.47. The Balaban J connectivity index is 2.32. The van der Waals surface area contributed by atoms with Crippen molar-refractivity contribution in [3.8, 4) is 11.5 Å². The lowest BCUT2D eigenvalue weighted by molar-refractivity contribution is 0.274. The van der Waals surface area contributed by atoms with Gasteiger partial charge in [-0.15, -0.1) is 0 Å². The van der Waals surface area contributed by atoms with Crippen LogP contribution in [-0.4, -0.2) is 44.8 Å². The number of nitrogens with two attached hydrogens (primary N) is 1. The molecule has 0 fully saturated rings. The summed E-state index contributed by atoms with van der Waals surface area (Å²) in [7, 11) is 4.04. The molecule has 1 unspecified atom stereocenters. The summed E-state index contributed by atoms with van der Waals surface area (Å²) in [6, 6.07) is 7.84. The van der Waals surface area contributed by atoms with Crippen LogP contribution in [0.15, 0.2) is 24.3 Å². The van der Waals surface area contributed by atoms with Gasteiger partial charge in [-0.25, -0.2) is 0 Å². The molecule has 4 nitrogen and oxygen atoms in total. The monoisotopic (exact) mass is 252 g/mol. The van der Waals surface area contributed by atoms with Crippen molar-refractivity contribution in [2.24, 2.45) is 5.73 Å². The minimum absolute atomic E-state index is 0.148. The predicted octanol–water partition coefficient (Wildman–Crippen LogP) is 1.74. The highest BCUT2D eigenvalue weighted by Crippen LogP contribution is 2.19. The lowest BCUT2D eigenvalue weighted by Crippen LogP contribution is -2.34. The van der Waals surface area contributed by atoms with Gasteiger partial charge in [0.2, 0.25) is 0 Å². The summed E-state index contributed by atoms with van der Waals surface area (Å²) in [5, 5.41) is 0. The van der Waals surface area contributed by atoms with Crippen LogP contribution >= 0.6 is 0 Å². The third-order valence-electron chi connectivity index (χ3n) is 2.47. The maximum atomic E-state index is 5.97. The molecule has 2 N–H and O–H groups in total. The highest BCUT2D eigenvalue weighted by molar-refractivity contribution is 5.32. The number of rotatable bonds is 8. The van der Waals surface area contributed by atoms with Gasteiger partial charge in [0.15, 0.2) is 0 Å². The molecule has 0 saturated heterocycles. The molecule has 0 aliphatic heterocycles. The zero-order valence-electron chi connectivity index (χ0n) is 11.6. The molecule has 1 atom stereocenters. The maximum Gasteiger partial charge on any atom is 0.122 e. The van der Waals surface area contributed by atoms with Gasteiger partial charge in [-0.3, -0.25) is 0 Å². The minimum Gasteiger partial charge on any atom is -0.494 e. The molecule has 0 amide bonds. The summed E-state index contributed by atoms with van der Waals surface area (Å²) in [6.45, 7) is 4.14. The third kappa shape index (κ3) is 5.89. The molecule has 1 aromatic rings. The highest BCUT2D eigenvalue weighted by Gasteiger charge is 2.04. The van der Waals surface area contributed by atoms with Crippen LogP contribution in [0, 0.1) is 0 Å². The number of benzene rings is 1. The Kier molecular flexibility index (Phi) is 6.54. The summed E-state index contributed by atoms with van der Waals surface area (Å²) in [5.41, 5.74) is 5.97. The van der Waals surface area contributed by atoms with Crippen molar-refractivity contribution in [1.29, 1.82) is 0 Å². The highest BCUT2D eigenvalue weighted by atomic mass is 16.5. The number of likely N-dealkylation sites (N-methyl/N-ethyl adjacent to an activating group) is 1. The molecule has 1 rings (SSSR count). The Morgan fingerprint density at radius 2 is 1.89 bits per heavy atom. The molecule has 18 heavy (non-hydrogen) atoms. The van der Waals surface area contributed by atoms with Gasteiger partial charge in [0.05, 0.1) is 13.2 Å². The summed E-state index contributed by atoms with van der Waals surface area (Å²) in [4.78, 5) is 2.08. The van der Waals surface area contributed by atoms with Gasteiger partial charge in [0.25, 0.3) is 0 Å². The van der Waals surface area contributed by atoms with Gasteiger partial charge < -0.3 is 20.1 Å². The Labute approximate surface area is 110 Å². The first-order chi connectivity index (χ1) is 8.61. The molecule has 0 saturated carbocycles. The second-order valence-electron chi connectivity index (χ2n) is 4.57. The Bertz CT molecular complexity index is 342. The quantitative estimate of drug-likeness (QED) is 0.765. The van der Waals surface area contributed by atoms with Crippen molar-refractivity contribution >= 4 is 0 Å². The van der Waals surface area contributed by atoms with Crippen LogP contribution in [0.3, 0.4) is 0 Å². The molecule has 0 aromatic heterocycles. The number of nitrogens with zero attached hydrogens (tertiary/aromatic N) is 1. The topological polar surface area (TPSA) is 47.7 Å². The van der Waals surface area contributed by atoms with Crippen LogP contribution in [0.5, 0.6) is 11.5 Å². The zero-order chi connectivity index (χ0) is 13.4. The van der Waals surface area contributed by atoms with E-state index in [-0.39, 0.29) is 6.04 Å². The van der Waals surface area contributed by atoms with Crippen molar-refractivity contribution in [2.45, 2.75) is 19.4 Å². The van der Waals surface area contributed by atoms with E-state index in [4.69, 9.17) is 15.2 Å². The zero-order valence-corrected chi connectivity index (χ0v) is 11.6.